The summed E-state index contributed by atoms with van der Waals surface area (Å²) in [5.74, 6) is 0.591. The molecule has 0 fully saturated rings. The lowest BCUT2D eigenvalue weighted by Crippen LogP contribution is -2.24. The van der Waals surface area contributed by atoms with Gasteiger partial charge in [-0.25, -0.2) is 0 Å². The van der Waals surface area contributed by atoms with E-state index >= 15 is 0 Å². The highest BCUT2D eigenvalue weighted by Gasteiger charge is 2.17. The van der Waals surface area contributed by atoms with Gasteiger partial charge in [0.2, 0.25) is 0 Å². The normalized spacial score (nSPS) is 11.8. The number of nitrogens with one attached hydrogen (secondary N) is 1. The predicted octanol–water partition coefficient (Wildman–Crippen LogP) is 2.92. The second-order valence-corrected chi connectivity index (χ2v) is 4.65. The summed E-state index contributed by atoms with van der Waals surface area (Å²) in [4.78, 5) is 11.5. The average Bonchev–Trinajstić information content (AvgIpc) is 2.42. The second-order valence-electron chi connectivity index (χ2n) is 4.65. The SMILES string of the molecule is CCC(CNc1cc(C)c(OC)cc1C)C(=O)OC. The Bertz CT molecular complexity index is 443. The first-order valence-electron chi connectivity index (χ1n) is 6.50. The highest BCUT2D eigenvalue weighted by atomic mass is 16.5. The quantitative estimate of drug-likeness (QED) is 0.803. The zero-order valence-electron chi connectivity index (χ0n) is 12.4. The van der Waals surface area contributed by atoms with Crippen LogP contribution in [0.4, 0.5) is 5.69 Å². The van der Waals surface area contributed by atoms with E-state index in [1.807, 2.05) is 32.9 Å². The monoisotopic (exact) mass is 265 g/mol. The van der Waals surface area contributed by atoms with E-state index in [1.54, 1.807) is 7.11 Å². The smallest absolute Gasteiger partial charge is 0.310 e. The topological polar surface area (TPSA) is 47.6 Å². The number of ether oxygens (including phenoxy) is 2. The molecule has 0 aliphatic heterocycles. The third-order valence-corrected chi connectivity index (χ3v) is 3.31. The Morgan fingerprint density at radius 1 is 1.26 bits per heavy atom. The van der Waals surface area contributed by atoms with Crippen LogP contribution in [0, 0.1) is 19.8 Å². The van der Waals surface area contributed by atoms with Crippen LogP contribution in [0.15, 0.2) is 12.1 Å². The summed E-state index contributed by atoms with van der Waals surface area (Å²) < 4.78 is 10.1. The van der Waals surface area contributed by atoms with Crippen molar-refractivity contribution in [3.63, 3.8) is 0 Å². The molecule has 19 heavy (non-hydrogen) atoms. The molecule has 0 bridgehead atoms. The van der Waals surface area contributed by atoms with Crippen molar-refractivity contribution in [3.05, 3.63) is 23.3 Å². The van der Waals surface area contributed by atoms with Crippen LogP contribution in [0.5, 0.6) is 5.75 Å². The van der Waals surface area contributed by atoms with Crippen molar-refractivity contribution >= 4 is 11.7 Å². The molecule has 1 atom stereocenters. The van der Waals surface area contributed by atoms with Crippen LogP contribution < -0.4 is 10.1 Å². The maximum atomic E-state index is 11.5. The molecular formula is C15H23NO3. The Labute approximate surface area is 115 Å². The molecule has 106 valence electrons. The highest BCUT2D eigenvalue weighted by Crippen LogP contribution is 2.26. The van der Waals surface area contributed by atoms with E-state index in [-0.39, 0.29) is 11.9 Å². The molecule has 1 N–H and O–H groups in total. The summed E-state index contributed by atoms with van der Waals surface area (Å²) in [7, 11) is 3.09. The molecule has 1 rings (SSSR count). The van der Waals surface area contributed by atoms with Gasteiger partial charge in [-0.1, -0.05) is 6.92 Å². The van der Waals surface area contributed by atoms with E-state index in [0.29, 0.717) is 6.54 Å². The average molecular weight is 265 g/mol. The molecular weight excluding hydrogens is 242 g/mol. The van der Waals surface area contributed by atoms with Crippen LogP contribution in [0.3, 0.4) is 0 Å². The maximum absolute atomic E-state index is 11.5. The molecule has 0 heterocycles. The number of rotatable bonds is 6. The molecule has 1 aromatic rings. The van der Waals surface area contributed by atoms with Crippen LogP contribution in [0.25, 0.3) is 0 Å². The summed E-state index contributed by atoms with van der Waals surface area (Å²) in [6, 6.07) is 4.04. The lowest BCUT2D eigenvalue weighted by molar-refractivity contribution is -0.145. The van der Waals surface area contributed by atoms with Crippen molar-refractivity contribution in [2.24, 2.45) is 5.92 Å². The number of hydrogen-bond acceptors (Lipinski definition) is 4. The van der Waals surface area contributed by atoms with E-state index in [9.17, 15) is 4.79 Å². The fourth-order valence-electron chi connectivity index (χ4n) is 1.99. The molecule has 4 nitrogen and oxygen atoms in total. The van der Waals surface area contributed by atoms with E-state index in [1.165, 1.54) is 7.11 Å². The van der Waals surface area contributed by atoms with Crippen molar-refractivity contribution in [2.75, 3.05) is 26.1 Å². The van der Waals surface area contributed by atoms with Gasteiger partial charge in [-0.15, -0.1) is 0 Å². The molecule has 4 heteroatoms. The van der Waals surface area contributed by atoms with Gasteiger partial charge in [0.05, 0.1) is 20.1 Å². The third kappa shape index (κ3) is 3.88. The van der Waals surface area contributed by atoms with Crippen LogP contribution in [0.2, 0.25) is 0 Å². The summed E-state index contributed by atoms with van der Waals surface area (Å²) in [5.41, 5.74) is 3.20. The zero-order chi connectivity index (χ0) is 14.4. The van der Waals surface area contributed by atoms with Gasteiger partial charge in [0.1, 0.15) is 5.75 Å². The zero-order valence-corrected chi connectivity index (χ0v) is 12.4. The molecule has 0 aliphatic carbocycles. The van der Waals surface area contributed by atoms with Crippen LogP contribution in [-0.4, -0.2) is 26.7 Å². The number of carbonyl (C=O) groups is 1. The number of anilines is 1. The molecule has 0 aliphatic rings. The number of benzene rings is 1. The minimum atomic E-state index is -0.169. The Balaban J connectivity index is 2.77. The second kappa shape index (κ2) is 7.02. The first kappa shape index (κ1) is 15.3. The number of aryl methyl sites for hydroxylation is 2. The van der Waals surface area contributed by atoms with E-state index in [0.717, 1.165) is 29.0 Å². The highest BCUT2D eigenvalue weighted by molar-refractivity contribution is 5.73. The molecule has 0 saturated heterocycles. The molecule has 0 spiro atoms. The van der Waals surface area contributed by atoms with Gasteiger partial charge >= 0.3 is 5.97 Å². The largest absolute Gasteiger partial charge is 0.496 e. The lowest BCUT2D eigenvalue weighted by atomic mass is 10.1. The minimum Gasteiger partial charge on any atom is -0.496 e. The number of esters is 1. The van der Waals surface area contributed by atoms with Crippen LogP contribution in [0.1, 0.15) is 24.5 Å². The van der Waals surface area contributed by atoms with Crippen molar-refractivity contribution < 1.29 is 14.3 Å². The Morgan fingerprint density at radius 3 is 2.47 bits per heavy atom. The van der Waals surface area contributed by atoms with Gasteiger partial charge in [-0.2, -0.15) is 0 Å². The molecule has 0 radical (unpaired) electrons. The van der Waals surface area contributed by atoms with E-state index in [2.05, 4.69) is 5.32 Å². The first-order chi connectivity index (χ1) is 9.03. The van der Waals surface area contributed by atoms with Crippen molar-refractivity contribution in [1.82, 2.24) is 0 Å². The molecule has 0 aromatic heterocycles. The maximum Gasteiger partial charge on any atom is 0.310 e. The van der Waals surface area contributed by atoms with Gasteiger partial charge in [-0.05, 0) is 43.5 Å². The Morgan fingerprint density at radius 2 is 1.95 bits per heavy atom. The van der Waals surface area contributed by atoms with Gasteiger partial charge in [0.15, 0.2) is 0 Å². The van der Waals surface area contributed by atoms with Gasteiger partial charge in [0, 0.05) is 12.2 Å². The van der Waals surface area contributed by atoms with Crippen molar-refractivity contribution in [2.45, 2.75) is 27.2 Å². The molecule has 1 unspecified atom stereocenters. The minimum absolute atomic E-state index is 0.119. The van der Waals surface area contributed by atoms with Gasteiger partial charge in [0.25, 0.3) is 0 Å². The standard InChI is InChI=1S/C15H23NO3/c1-6-12(15(17)19-5)9-16-13-7-11(3)14(18-4)8-10(13)2/h7-8,12,16H,6,9H2,1-5H3. The molecule has 1 aromatic carbocycles. The Kier molecular flexibility index (Phi) is 5.67. The summed E-state index contributed by atoms with van der Waals surface area (Å²) in [6.07, 6.45) is 0.758. The first-order valence-corrected chi connectivity index (χ1v) is 6.50. The number of hydrogen-bond donors (Lipinski definition) is 1. The molecule has 0 saturated carbocycles. The van der Waals surface area contributed by atoms with Gasteiger partial charge in [-0.3, -0.25) is 4.79 Å². The third-order valence-electron chi connectivity index (χ3n) is 3.31. The number of methoxy groups -OCH3 is 2. The fraction of sp³-hybridized carbons (Fsp3) is 0.533. The predicted molar refractivity (Wildman–Crippen MR) is 76.8 cm³/mol. The van der Waals surface area contributed by atoms with Gasteiger partial charge < -0.3 is 14.8 Å². The lowest BCUT2D eigenvalue weighted by Gasteiger charge is -2.17. The van der Waals surface area contributed by atoms with Crippen molar-refractivity contribution in [1.29, 1.82) is 0 Å². The summed E-state index contributed by atoms with van der Waals surface area (Å²) >= 11 is 0. The van der Waals surface area contributed by atoms with Crippen LogP contribution in [-0.2, 0) is 9.53 Å². The summed E-state index contributed by atoms with van der Waals surface area (Å²) in [6.45, 7) is 6.58. The van der Waals surface area contributed by atoms with Crippen LogP contribution >= 0.6 is 0 Å². The fourth-order valence-corrected chi connectivity index (χ4v) is 1.99. The molecule has 0 amide bonds. The van der Waals surface area contributed by atoms with E-state index in [4.69, 9.17) is 9.47 Å². The van der Waals surface area contributed by atoms with Crippen molar-refractivity contribution in [3.8, 4) is 5.75 Å². The number of carbonyl (C=O) groups excluding carboxylic acids is 1. The summed E-state index contributed by atoms with van der Waals surface area (Å²) in [5, 5.41) is 3.31. The van der Waals surface area contributed by atoms with E-state index < -0.39 is 0 Å². The Hall–Kier alpha value is -1.71.